The Morgan fingerprint density at radius 2 is 2.16 bits per heavy atom. The normalized spacial score (nSPS) is 32.3. The second-order valence-electron chi connectivity index (χ2n) is 6.67. The van der Waals surface area contributed by atoms with Crippen LogP contribution >= 0.6 is 11.6 Å². The van der Waals surface area contributed by atoms with Crippen LogP contribution in [0.4, 0.5) is 5.69 Å². The van der Waals surface area contributed by atoms with Gasteiger partial charge >= 0.3 is 0 Å². The maximum Gasteiger partial charge on any atom is 0.234 e. The molecule has 2 bridgehead atoms. The van der Waals surface area contributed by atoms with E-state index < -0.39 is 17.4 Å². The molecule has 7 heteroatoms. The molecule has 3 heterocycles. The number of aliphatic hydroxyl groups is 1. The average Bonchev–Trinajstić information content (AvgIpc) is 3.24. The Balaban J connectivity index is 1.59. The van der Waals surface area contributed by atoms with Gasteiger partial charge in [-0.1, -0.05) is 23.8 Å². The molecular formula is C18H19ClN2O4. The largest absolute Gasteiger partial charge is 0.396 e. The number of benzene rings is 1. The van der Waals surface area contributed by atoms with Crippen LogP contribution in [0, 0.1) is 11.8 Å². The third-order valence-electron chi connectivity index (χ3n) is 5.18. The number of halogens is 1. The lowest BCUT2D eigenvalue weighted by molar-refractivity contribution is -0.131. The van der Waals surface area contributed by atoms with Crippen molar-refractivity contribution in [3.05, 3.63) is 41.4 Å². The third kappa shape index (κ3) is 2.56. The van der Waals surface area contributed by atoms with Crippen LogP contribution in [-0.2, 0) is 14.3 Å². The molecule has 1 spiro atoms. The Kier molecular flexibility index (Phi) is 4.06. The topological polar surface area (TPSA) is 78.9 Å². The van der Waals surface area contributed by atoms with Crippen molar-refractivity contribution >= 4 is 29.1 Å². The monoisotopic (exact) mass is 362 g/mol. The van der Waals surface area contributed by atoms with Crippen LogP contribution in [0.2, 0.25) is 5.02 Å². The number of fused-ring (bicyclic) bond motifs is 1. The molecular weight excluding hydrogens is 344 g/mol. The molecule has 1 aromatic carbocycles. The molecule has 6 nitrogen and oxygen atoms in total. The van der Waals surface area contributed by atoms with Crippen molar-refractivity contribution in [1.29, 1.82) is 0 Å². The molecule has 3 aliphatic heterocycles. The van der Waals surface area contributed by atoms with Crippen LogP contribution in [0.1, 0.15) is 6.42 Å². The molecule has 4 rings (SSSR count). The maximum absolute atomic E-state index is 13.1. The van der Waals surface area contributed by atoms with E-state index in [1.54, 1.807) is 29.2 Å². The molecule has 2 amide bonds. The number of rotatable bonds is 5. The molecule has 2 saturated heterocycles. The lowest BCUT2D eigenvalue weighted by Crippen LogP contribution is -2.44. The molecule has 0 unspecified atom stereocenters. The van der Waals surface area contributed by atoms with Crippen LogP contribution in [0.25, 0.3) is 0 Å². The fourth-order valence-corrected chi connectivity index (χ4v) is 4.17. The highest BCUT2D eigenvalue weighted by atomic mass is 35.5. The lowest BCUT2D eigenvalue weighted by atomic mass is 9.77. The summed E-state index contributed by atoms with van der Waals surface area (Å²) >= 11 is 5.93. The Morgan fingerprint density at radius 3 is 2.88 bits per heavy atom. The zero-order chi connectivity index (χ0) is 17.6. The van der Waals surface area contributed by atoms with E-state index in [4.69, 9.17) is 21.4 Å². The van der Waals surface area contributed by atoms with Gasteiger partial charge in [0.15, 0.2) is 0 Å². The Hall–Kier alpha value is -1.89. The Morgan fingerprint density at radius 1 is 1.40 bits per heavy atom. The summed E-state index contributed by atoms with van der Waals surface area (Å²) in [6, 6.07) is 7.07. The SMILES string of the molecule is O=C(NCCCO)[C@@H]1[C@H]2C=C[C@@]3(CN(c4ccc(Cl)cc4)C(=O)[C@@H]13)O2. The van der Waals surface area contributed by atoms with Gasteiger partial charge in [-0.2, -0.15) is 0 Å². The number of aliphatic hydroxyl groups excluding tert-OH is 1. The van der Waals surface area contributed by atoms with Crippen LogP contribution in [0.15, 0.2) is 36.4 Å². The van der Waals surface area contributed by atoms with Gasteiger partial charge < -0.3 is 20.1 Å². The van der Waals surface area contributed by atoms with Gasteiger partial charge in [0.05, 0.1) is 24.5 Å². The fourth-order valence-electron chi connectivity index (χ4n) is 4.05. The number of nitrogens with zero attached hydrogens (tertiary/aromatic N) is 1. The van der Waals surface area contributed by atoms with Crippen molar-refractivity contribution in [2.75, 3.05) is 24.6 Å². The predicted octanol–water partition coefficient (Wildman–Crippen LogP) is 1.12. The molecule has 3 aliphatic rings. The zero-order valence-corrected chi connectivity index (χ0v) is 14.3. The van der Waals surface area contributed by atoms with Crippen LogP contribution < -0.4 is 10.2 Å². The molecule has 0 saturated carbocycles. The number of ether oxygens (including phenoxy) is 1. The summed E-state index contributed by atoms with van der Waals surface area (Å²) in [5.74, 6) is -1.35. The number of amides is 2. The van der Waals surface area contributed by atoms with Crippen LogP contribution in [0.5, 0.6) is 0 Å². The van der Waals surface area contributed by atoms with E-state index >= 15 is 0 Å². The average molecular weight is 363 g/mol. The smallest absolute Gasteiger partial charge is 0.234 e. The van der Waals surface area contributed by atoms with Crippen LogP contribution in [0.3, 0.4) is 0 Å². The van der Waals surface area contributed by atoms with E-state index in [1.165, 1.54) is 0 Å². The number of hydrogen-bond acceptors (Lipinski definition) is 4. The first-order chi connectivity index (χ1) is 12.1. The summed E-state index contributed by atoms with van der Waals surface area (Å²) in [5, 5.41) is 12.3. The van der Waals surface area contributed by atoms with Crippen molar-refractivity contribution in [2.24, 2.45) is 11.8 Å². The zero-order valence-electron chi connectivity index (χ0n) is 13.5. The van der Waals surface area contributed by atoms with Crippen LogP contribution in [-0.4, -0.2) is 48.3 Å². The minimum Gasteiger partial charge on any atom is -0.396 e. The van der Waals surface area contributed by atoms with Crippen molar-refractivity contribution in [3.63, 3.8) is 0 Å². The molecule has 0 aliphatic carbocycles. The molecule has 2 N–H and O–H groups in total. The van der Waals surface area contributed by atoms with Gasteiger partial charge in [0, 0.05) is 23.9 Å². The van der Waals surface area contributed by atoms with Gasteiger partial charge in [0.2, 0.25) is 11.8 Å². The number of anilines is 1. The summed E-state index contributed by atoms with van der Waals surface area (Å²) in [7, 11) is 0. The highest BCUT2D eigenvalue weighted by molar-refractivity contribution is 6.30. The number of hydrogen-bond donors (Lipinski definition) is 2. The predicted molar refractivity (Wildman–Crippen MR) is 92.2 cm³/mol. The summed E-state index contributed by atoms with van der Waals surface area (Å²) in [5.41, 5.74) is 0.0125. The lowest BCUT2D eigenvalue weighted by Gasteiger charge is -2.23. The molecule has 0 aromatic heterocycles. The van der Waals surface area contributed by atoms with Crippen molar-refractivity contribution in [3.8, 4) is 0 Å². The Bertz CT molecular complexity index is 735. The third-order valence-corrected chi connectivity index (χ3v) is 5.43. The molecule has 0 radical (unpaired) electrons. The minimum absolute atomic E-state index is 0.0153. The summed E-state index contributed by atoms with van der Waals surface area (Å²) in [4.78, 5) is 27.3. The minimum atomic E-state index is -0.736. The first-order valence-corrected chi connectivity index (χ1v) is 8.76. The van der Waals surface area contributed by atoms with Crippen molar-refractivity contribution in [1.82, 2.24) is 5.32 Å². The molecule has 25 heavy (non-hydrogen) atoms. The quantitative estimate of drug-likeness (QED) is 0.608. The van der Waals surface area contributed by atoms with Crippen molar-refractivity contribution in [2.45, 2.75) is 18.1 Å². The highest BCUT2D eigenvalue weighted by Crippen LogP contribution is 2.52. The number of carbonyl (C=O) groups is 2. The second-order valence-corrected chi connectivity index (χ2v) is 7.11. The first-order valence-electron chi connectivity index (χ1n) is 8.38. The number of nitrogens with one attached hydrogen (secondary N) is 1. The summed E-state index contributed by atoms with van der Waals surface area (Å²) < 4.78 is 6.06. The maximum atomic E-state index is 13.1. The van der Waals surface area contributed by atoms with E-state index in [2.05, 4.69) is 5.32 Å². The molecule has 4 atom stereocenters. The highest BCUT2D eigenvalue weighted by Gasteiger charge is 2.66. The Labute approximate surface area is 150 Å². The van der Waals surface area contributed by atoms with E-state index in [0.29, 0.717) is 24.5 Å². The van der Waals surface area contributed by atoms with E-state index in [-0.39, 0.29) is 24.5 Å². The van der Waals surface area contributed by atoms with E-state index in [9.17, 15) is 9.59 Å². The summed E-state index contributed by atoms with van der Waals surface area (Å²) in [6.07, 6.45) is 3.93. The van der Waals surface area contributed by atoms with Gasteiger partial charge in [-0.05, 0) is 30.7 Å². The molecule has 1 aromatic rings. The van der Waals surface area contributed by atoms with Gasteiger partial charge in [-0.3, -0.25) is 9.59 Å². The summed E-state index contributed by atoms with van der Waals surface area (Å²) in [6.45, 7) is 0.796. The van der Waals surface area contributed by atoms with Gasteiger partial charge in [0.1, 0.15) is 5.60 Å². The van der Waals surface area contributed by atoms with Gasteiger partial charge in [-0.25, -0.2) is 0 Å². The number of carbonyl (C=O) groups excluding carboxylic acids is 2. The van der Waals surface area contributed by atoms with E-state index in [1.807, 2.05) is 12.2 Å². The first kappa shape index (κ1) is 16.6. The standard InChI is InChI=1S/C18H19ClN2O4/c19-11-2-4-12(5-3-11)21-10-18-7-6-13(25-18)14(15(18)17(21)24)16(23)20-8-1-9-22/h2-7,13-15,22H,1,8-10H2,(H,20,23)/t13-,14-,15-,18+/m1/s1. The van der Waals surface area contributed by atoms with Crippen molar-refractivity contribution < 1.29 is 19.4 Å². The van der Waals surface area contributed by atoms with E-state index in [0.717, 1.165) is 5.69 Å². The molecule has 2 fully saturated rings. The van der Waals surface area contributed by atoms with Gasteiger partial charge in [-0.15, -0.1) is 0 Å². The fraction of sp³-hybridized carbons (Fsp3) is 0.444. The second kappa shape index (κ2) is 6.12. The molecule has 132 valence electrons. The van der Waals surface area contributed by atoms with Gasteiger partial charge in [0.25, 0.3) is 0 Å².